The van der Waals surface area contributed by atoms with Crippen LogP contribution in [0.5, 0.6) is 0 Å². The zero-order valence-corrected chi connectivity index (χ0v) is 16.3. The molecule has 0 unspecified atom stereocenters. The Morgan fingerprint density at radius 1 is 1.31 bits per heavy atom. The van der Waals surface area contributed by atoms with Crippen LogP contribution in [0.2, 0.25) is 0 Å². The smallest absolute Gasteiger partial charge is 0.340 e. The predicted molar refractivity (Wildman–Crippen MR) is 100 cm³/mol. The van der Waals surface area contributed by atoms with Crippen molar-refractivity contribution in [3.63, 3.8) is 0 Å². The molecule has 0 saturated heterocycles. The lowest BCUT2D eigenvalue weighted by molar-refractivity contribution is -0.129. The molecule has 1 aromatic heterocycles. The third-order valence-electron chi connectivity index (χ3n) is 3.86. The quantitative estimate of drug-likeness (QED) is 0.559. The number of carbonyl (C=O) groups excluding carboxylic acids is 2. The van der Waals surface area contributed by atoms with Gasteiger partial charge >= 0.3 is 5.97 Å². The second-order valence-electron chi connectivity index (χ2n) is 5.93. The highest BCUT2D eigenvalue weighted by Crippen LogP contribution is 2.29. The van der Waals surface area contributed by atoms with E-state index in [1.807, 2.05) is 32.9 Å². The number of nitrogens with one attached hydrogen (secondary N) is 1. The fourth-order valence-corrected chi connectivity index (χ4v) is 3.48. The van der Waals surface area contributed by atoms with Gasteiger partial charge in [-0.2, -0.15) is 0 Å². The van der Waals surface area contributed by atoms with Gasteiger partial charge in [0, 0.05) is 22.8 Å². The second-order valence-corrected chi connectivity index (χ2v) is 6.94. The second kappa shape index (κ2) is 9.43. The Hall–Kier alpha value is -2.28. The van der Waals surface area contributed by atoms with Gasteiger partial charge in [0.05, 0.1) is 11.3 Å². The molecule has 1 heterocycles. The molecule has 1 atom stereocenters. The minimum absolute atomic E-state index is 0.291. The van der Waals surface area contributed by atoms with E-state index in [0.717, 1.165) is 28.3 Å². The van der Waals surface area contributed by atoms with E-state index in [0.29, 0.717) is 17.9 Å². The molecule has 0 aliphatic rings. The number of amides is 1. The van der Waals surface area contributed by atoms with E-state index in [1.54, 1.807) is 19.1 Å². The molecule has 1 N–H and O–H groups in total. The maximum Gasteiger partial charge on any atom is 0.340 e. The Kier molecular flexibility index (Phi) is 7.26. The average molecular weight is 376 g/mol. The average Bonchev–Trinajstić information content (AvgIpc) is 2.95. The highest BCUT2D eigenvalue weighted by molar-refractivity contribution is 7.98. The van der Waals surface area contributed by atoms with Gasteiger partial charge in [-0.3, -0.25) is 4.79 Å². The van der Waals surface area contributed by atoms with Crippen LogP contribution < -0.4 is 5.32 Å². The number of benzene rings is 1. The van der Waals surface area contributed by atoms with E-state index < -0.39 is 12.1 Å². The topological polar surface area (TPSA) is 81.4 Å². The van der Waals surface area contributed by atoms with Crippen LogP contribution in [-0.2, 0) is 15.3 Å². The van der Waals surface area contributed by atoms with Gasteiger partial charge in [-0.15, -0.1) is 11.8 Å². The summed E-state index contributed by atoms with van der Waals surface area (Å²) in [6, 6.07) is 7.21. The van der Waals surface area contributed by atoms with Gasteiger partial charge in [-0.25, -0.2) is 4.79 Å². The Balaban J connectivity index is 2.05. The molecule has 0 spiro atoms. The monoisotopic (exact) mass is 376 g/mol. The first kappa shape index (κ1) is 20.0. The lowest BCUT2D eigenvalue weighted by atomic mass is 10.2. The van der Waals surface area contributed by atoms with Crippen LogP contribution in [0.25, 0.3) is 0 Å². The minimum Gasteiger partial charge on any atom is -0.449 e. The van der Waals surface area contributed by atoms with Crippen LogP contribution in [0.4, 0.5) is 0 Å². The van der Waals surface area contributed by atoms with Gasteiger partial charge in [0.25, 0.3) is 5.91 Å². The summed E-state index contributed by atoms with van der Waals surface area (Å²) >= 11 is 1.51. The Morgan fingerprint density at radius 3 is 2.69 bits per heavy atom. The third kappa shape index (κ3) is 5.11. The van der Waals surface area contributed by atoms with E-state index in [-0.39, 0.29) is 5.91 Å². The first-order valence-corrected chi connectivity index (χ1v) is 9.54. The lowest BCUT2D eigenvalue weighted by Crippen LogP contribution is -2.36. The SMILES string of the molecule is CCCNC(=O)[C@@H](C)OC(=O)c1ccccc1SCc1c(C)noc1C. The van der Waals surface area contributed by atoms with Crippen LogP contribution in [0.3, 0.4) is 0 Å². The molecule has 0 saturated carbocycles. The van der Waals surface area contributed by atoms with Crippen LogP contribution in [-0.4, -0.2) is 29.7 Å². The lowest BCUT2D eigenvalue weighted by Gasteiger charge is -2.14. The number of nitrogens with zero attached hydrogens (tertiary/aromatic N) is 1. The summed E-state index contributed by atoms with van der Waals surface area (Å²) in [6.45, 7) is 7.85. The van der Waals surface area contributed by atoms with Crippen molar-refractivity contribution in [2.45, 2.75) is 50.9 Å². The number of hydrogen-bond acceptors (Lipinski definition) is 6. The van der Waals surface area contributed by atoms with Crippen LogP contribution >= 0.6 is 11.8 Å². The standard InChI is InChI=1S/C19H24N2O4S/c1-5-10-20-18(22)14(4)24-19(23)15-8-6-7-9-17(15)26-11-16-12(2)21-25-13(16)3/h6-9,14H,5,10-11H2,1-4H3,(H,20,22)/t14-/m1/s1. The molecule has 1 aromatic carbocycles. The zero-order valence-electron chi connectivity index (χ0n) is 15.5. The number of esters is 1. The summed E-state index contributed by atoms with van der Waals surface area (Å²) in [6.07, 6.45) is -0.0113. The molecule has 0 fully saturated rings. The molecular formula is C19H24N2O4S. The third-order valence-corrected chi connectivity index (χ3v) is 4.96. The summed E-state index contributed by atoms with van der Waals surface area (Å²) in [5.41, 5.74) is 2.31. The van der Waals surface area contributed by atoms with Crippen LogP contribution in [0.1, 0.15) is 47.6 Å². The summed E-state index contributed by atoms with van der Waals surface area (Å²) in [5.74, 6) is 0.612. The summed E-state index contributed by atoms with van der Waals surface area (Å²) in [4.78, 5) is 25.2. The van der Waals surface area contributed by atoms with Crippen LogP contribution in [0, 0.1) is 13.8 Å². The molecule has 26 heavy (non-hydrogen) atoms. The van der Waals surface area contributed by atoms with Crippen molar-refractivity contribution in [2.24, 2.45) is 0 Å². The number of aryl methyl sites for hydroxylation is 2. The molecule has 1 amide bonds. The minimum atomic E-state index is -0.838. The first-order valence-electron chi connectivity index (χ1n) is 8.56. The molecule has 2 aromatic rings. The predicted octanol–water partition coefficient (Wildman–Crippen LogP) is 3.66. The maximum absolute atomic E-state index is 12.5. The number of hydrogen-bond donors (Lipinski definition) is 1. The van der Waals surface area contributed by atoms with Crippen molar-refractivity contribution >= 4 is 23.6 Å². The van der Waals surface area contributed by atoms with E-state index in [4.69, 9.17) is 9.26 Å². The van der Waals surface area contributed by atoms with Crippen molar-refractivity contribution < 1.29 is 18.8 Å². The Bertz CT molecular complexity index is 753. The normalized spacial score (nSPS) is 11.8. The fraction of sp³-hybridized carbons (Fsp3) is 0.421. The number of aromatic nitrogens is 1. The zero-order chi connectivity index (χ0) is 19.1. The molecule has 7 heteroatoms. The van der Waals surface area contributed by atoms with Gasteiger partial charge < -0.3 is 14.6 Å². The highest BCUT2D eigenvalue weighted by Gasteiger charge is 2.21. The number of thioether (sulfide) groups is 1. The van der Waals surface area contributed by atoms with Gasteiger partial charge in [0.15, 0.2) is 6.10 Å². The largest absolute Gasteiger partial charge is 0.449 e. The van der Waals surface area contributed by atoms with Crippen molar-refractivity contribution in [1.82, 2.24) is 10.5 Å². The van der Waals surface area contributed by atoms with E-state index in [2.05, 4.69) is 10.5 Å². The molecular weight excluding hydrogens is 352 g/mol. The number of rotatable bonds is 8. The number of ether oxygens (including phenoxy) is 1. The molecule has 140 valence electrons. The fourth-order valence-electron chi connectivity index (χ4n) is 2.29. The van der Waals surface area contributed by atoms with Crippen molar-refractivity contribution in [1.29, 1.82) is 0 Å². The first-order chi connectivity index (χ1) is 12.4. The molecule has 0 aliphatic carbocycles. The van der Waals surface area contributed by atoms with E-state index in [1.165, 1.54) is 11.8 Å². The van der Waals surface area contributed by atoms with Gasteiger partial charge in [0.2, 0.25) is 0 Å². The van der Waals surface area contributed by atoms with Gasteiger partial charge in [-0.05, 0) is 39.3 Å². The molecule has 0 bridgehead atoms. The van der Waals surface area contributed by atoms with Crippen molar-refractivity contribution in [3.05, 3.63) is 46.8 Å². The van der Waals surface area contributed by atoms with Gasteiger partial charge in [-0.1, -0.05) is 24.2 Å². The Labute approximate surface area is 157 Å². The summed E-state index contributed by atoms with van der Waals surface area (Å²) in [7, 11) is 0. The highest BCUT2D eigenvalue weighted by atomic mass is 32.2. The number of carbonyl (C=O) groups is 2. The van der Waals surface area contributed by atoms with Gasteiger partial charge in [0.1, 0.15) is 5.76 Å². The molecule has 0 radical (unpaired) electrons. The van der Waals surface area contributed by atoms with Crippen molar-refractivity contribution in [2.75, 3.05) is 6.54 Å². The molecule has 0 aliphatic heterocycles. The van der Waals surface area contributed by atoms with Crippen LogP contribution in [0.15, 0.2) is 33.7 Å². The summed E-state index contributed by atoms with van der Waals surface area (Å²) in [5, 5.41) is 6.67. The van der Waals surface area contributed by atoms with Crippen molar-refractivity contribution in [3.8, 4) is 0 Å². The van der Waals surface area contributed by atoms with E-state index >= 15 is 0 Å². The molecule has 2 rings (SSSR count). The summed E-state index contributed by atoms with van der Waals surface area (Å²) < 4.78 is 10.5. The maximum atomic E-state index is 12.5. The Morgan fingerprint density at radius 2 is 2.04 bits per heavy atom. The van der Waals surface area contributed by atoms with E-state index in [9.17, 15) is 9.59 Å². The molecule has 6 nitrogen and oxygen atoms in total.